The van der Waals surface area contributed by atoms with Crippen LogP contribution in [0.4, 0.5) is 17.6 Å². The molecule has 0 spiro atoms. The minimum Gasteiger partial charge on any atom is -0.380 e. The van der Waals surface area contributed by atoms with Crippen LogP contribution in [0.3, 0.4) is 0 Å². The fourth-order valence-electron chi connectivity index (χ4n) is 2.72. The Morgan fingerprint density at radius 2 is 1.86 bits per heavy atom. The lowest BCUT2D eigenvalue weighted by molar-refractivity contribution is 0.0967. The van der Waals surface area contributed by atoms with E-state index in [2.05, 4.69) is 5.32 Å². The first-order valence-corrected chi connectivity index (χ1v) is 7.32. The molecule has 0 fully saturated rings. The number of rotatable bonds is 7. The second-order valence-electron chi connectivity index (χ2n) is 5.31. The van der Waals surface area contributed by atoms with Crippen LogP contribution in [0.5, 0.6) is 0 Å². The van der Waals surface area contributed by atoms with Crippen LogP contribution in [0.2, 0.25) is 0 Å². The second-order valence-corrected chi connectivity index (χ2v) is 5.31. The average Bonchev–Trinajstić information content (AvgIpc) is 2.72. The van der Waals surface area contributed by atoms with E-state index < -0.39 is 34.3 Å². The molecule has 22 heavy (non-hydrogen) atoms. The van der Waals surface area contributed by atoms with Gasteiger partial charge in [0.25, 0.3) is 0 Å². The van der Waals surface area contributed by atoms with Gasteiger partial charge < -0.3 is 10.1 Å². The largest absolute Gasteiger partial charge is 0.380 e. The van der Waals surface area contributed by atoms with Crippen LogP contribution < -0.4 is 5.32 Å². The highest BCUT2D eigenvalue weighted by Crippen LogP contribution is 2.49. The lowest BCUT2D eigenvalue weighted by atomic mass is 9.82. The first-order valence-electron chi connectivity index (χ1n) is 7.32. The van der Waals surface area contributed by atoms with Crippen LogP contribution >= 0.6 is 0 Å². The molecule has 1 unspecified atom stereocenters. The Hall–Kier alpha value is -1.40. The van der Waals surface area contributed by atoms with E-state index in [1.54, 1.807) is 6.92 Å². The van der Waals surface area contributed by atoms with Crippen molar-refractivity contribution in [1.82, 2.24) is 5.32 Å². The maximum Gasteiger partial charge on any atom is 0.169 e. The van der Waals surface area contributed by atoms with Gasteiger partial charge in [-0.2, -0.15) is 0 Å². The molecule has 0 amide bonds. The molecule has 0 radical (unpaired) electrons. The molecule has 0 aliphatic heterocycles. The molecule has 0 bridgehead atoms. The van der Waals surface area contributed by atoms with Crippen LogP contribution in [0.1, 0.15) is 31.4 Å². The smallest absolute Gasteiger partial charge is 0.169 e. The zero-order chi connectivity index (χ0) is 16.3. The fraction of sp³-hybridized carbons (Fsp3) is 0.500. The maximum absolute atomic E-state index is 14.6. The third-order valence-electron chi connectivity index (χ3n) is 3.85. The van der Waals surface area contributed by atoms with E-state index in [1.807, 2.05) is 6.92 Å². The molecule has 6 heteroatoms. The van der Waals surface area contributed by atoms with Crippen LogP contribution in [-0.4, -0.2) is 26.3 Å². The molecule has 0 aromatic heterocycles. The summed E-state index contributed by atoms with van der Waals surface area (Å²) in [4.78, 5) is 0. The number of fused-ring (bicyclic) bond motifs is 1. The van der Waals surface area contributed by atoms with E-state index in [-0.39, 0.29) is 18.7 Å². The number of halogens is 4. The Balaban J connectivity index is 2.52. The van der Waals surface area contributed by atoms with Gasteiger partial charge in [0.2, 0.25) is 0 Å². The van der Waals surface area contributed by atoms with Gasteiger partial charge in [-0.1, -0.05) is 13.0 Å². The van der Waals surface area contributed by atoms with Gasteiger partial charge in [0.1, 0.15) is 0 Å². The topological polar surface area (TPSA) is 21.3 Å². The molecule has 0 saturated carbocycles. The molecule has 1 atom stereocenters. The standard InChI is InChI=1S/C16H19F4NO/c1-3-7-21-8-16(9-22-4-2)10-5-6-11(17)13(18)12(10)14(19)15(16)20/h5-6,21H,3-4,7-9H2,1-2H3. The van der Waals surface area contributed by atoms with Crippen LogP contribution in [-0.2, 0) is 10.2 Å². The molecule has 2 nitrogen and oxygen atoms in total. The summed E-state index contributed by atoms with van der Waals surface area (Å²) in [6, 6.07) is 2.12. The van der Waals surface area contributed by atoms with Crippen molar-refractivity contribution in [3.8, 4) is 0 Å². The van der Waals surface area contributed by atoms with Crippen molar-refractivity contribution < 1.29 is 22.3 Å². The summed E-state index contributed by atoms with van der Waals surface area (Å²) in [5.74, 6) is -5.01. The van der Waals surface area contributed by atoms with Crippen molar-refractivity contribution in [3.05, 3.63) is 40.7 Å². The second kappa shape index (κ2) is 6.79. The first-order chi connectivity index (χ1) is 10.5. The fourth-order valence-corrected chi connectivity index (χ4v) is 2.72. The maximum atomic E-state index is 14.6. The van der Waals surface area contributed by atoms with Crippen LogP contribution in [0, 0.1) is 11.6 Å². The Bertz CT molecular complexity index is 588. The number of hydrogen-bond acceptors (Lipinski definition) is 2. The predicted octanol–water partition coefficient (Wildman–Crippen LogP) is 3.86. The van der Waals surface area contributed by atoms with E-state index in [9.17, 15) is 17.6 Å². The quantitative estimate of drug-likeness (QED) is 0.609. The van der Waals surface area contributed by atoms with Gasteiger partial charge in [0, 0.05) is 13.2 Å². The minimum absolute atomic E-state index is 0.0537. The molecule has 0 saturated heterocycles. The first kappa shape index (κ1) is 17.0. The predicted molar refractivity (Wildman–Crippen MR) is 76.8 cm³/mol. The van der Waals surface area contributed by atoms with Gasteiger partial charge in [0.05, 0.1) is 17.6 Å². The molecule has 1 aliphatic rings. The van der Waals surface area contributed by atoms with Gasteiger partial charge >= 0.3 is 0 Å². The van der Waals surface area contributed by atoms with E-state index in [1.165, 1.54) is 6.07 Å². The third kappa shape index (κ3) is 2.65. The van der Waals surface area contributed by atoms with Crippen molar-refractivity contribution in [2.75, 3.05) is 26.3 Å². The SMILES string of the molecule is CCCNCC1(COCC)C(F)=C(F)c2c1ccc(F)c2F. The molecular weight excluding hydrogens is 298 g/mol. The molecule has 1 N–H and O–H groups in total. The van der Waals surface area contributed by atoms with Gasteiger partial charge in [-0.15, -0.1) is 0 Å². The lowest BCUT2D eigenvalue weighted by Crippen LogP contribution is -2.42. The van der Waals surface area contributed by atoms with Gasteiger partial charge in [-0.3, -0.25) is 0 Å². The Morgan fingerprint density at radius 1 is 1.14 bits per heavy atom. The lowest BCUT2D eigenvalue weighted by Gasteiger charge is -2.30. The van der Waals surface area contributed by atoms with E-state index >= 15 is 0 Å². The molecule has 2 rings (SSSR count). The van der Waals surface area contributed by atoms with Crippen molar-refractivity contribution >= 4 is 5.83 Å². The number of nitrogens with one attached hydrogen (secondary N) is 1. The summed E-state index contributed by atoms with van der Waals surface area (Å²) < 4.78 is 61.3. The Kier molecular flexibility index (Phi) is 5.24. The van der Waals surface area contributed by atoms with Crippen molar-refractivity contribution in [3.63, 3.8) is 0 Å². The molecule has 122 valence electrons. The normalized spacial score (nSPS) is 20.6. The highest BCUT2D eigenvalue weighted by atomic mass is 19.2. The summed E-state index contributed by atoms with van der Waals surface area (Å²) in [7, 11) is 0. The Morgan fingerprint density at radius 3 is 2.50 bits per heavy atom. The van der Waals surface area contributed by atoms with Gasteiger partial charge in [-0.25, -0.2) is 17.6 Å². The van der Waals surface area contributed by atoms with Crippen molar-refractivity contribution in [2.45, 2.75) is 25.7 Å². The summed E-state index contributed by atoms with van der Waals surface area (Å²) >= 11 is 0. The highest BCUT2D eigenvalue weighted by Gasteiger charge is 2.48. The van der Waals surface area contributed by atoms with Gasteiger partial charge in [0.15, 0.2) is 23.3 Å². The van der Waals surface area contributed by atoms with Crippen LogP contribution in [0.15, 0.2) is 18.0 Å². The summed E-state index contributed by atoms with van der Waals surface area (Å²) in [6.07, 6.45) is 0.809. The number of ether oxygens (including phenoxy) is 1. The third-order valence-corrected chi connectivity index (χ3v) is 3.85. The zero-order valence-electron chi connectivity index (χ0n) is 12.6. The number of benzene rings is 1. The minimum atomic E-state index is -1.46. The molecule has 0 heterocycles. The highest BCUT2D eigenvalue weighted by molar-refractivity contribution is 5.75. The summed E-state index contributed by atoms with van der Waals surface area (Å²) in [6.45, 7) is 4.49. The van der Waals surface area contributed by atoms with E-state index in [0.29, 0.717) is 13.2 Å². The van der Waals surface area contributed by atoms with E-state index in [4.69, 9.17) is 4.74 Å². The molecule has 1 aliphatic carbocycles. The molecular formula is C16H19F4NO. The molecule has 1 aromatic rings. The van der Waals surface area contributed by atoms with E-state index in [0.717, 1.165) is 12.5 Å². The summed E-state index contributed by atoms with van der Waals surface area (Å²) in [5.41, 5.74) is -2.01. The number of hydrogen-bond donors (Lipinski definition) is 1. The Labute approximate surface area is 127 Å². The van der Waals surface area contributed by atoms with Crippen molar-refractivity contribution in [2.24, 2.45) is 0 Å². The van der Waals surface area contributed by atoms with Crippen molar-refractivity contribution in [1.29, 1.82) is 0 Å². The average molecular weight is 317 g/mol. The monoisotopic (exact) mass is 317 g/mol. The molecule has 1 aromatic carbocycles. The van der Waals surface area contributed by atoms with Crippen LogP contribution in [0.25, 0.3) is 5.83 Å². The summed E-state index contributed by atoms with van der Waals surface area (Å²) in [5, 5.41) is 3.02. The van der Waals surface area contributed by atoms with Gasteiger partial charge in [-0.05, 0) is 31.5 Å². The zero-order valence-corrected chi connectivity index (χ0v) is 12.6.